The number of carbonyl (C=O) groups excluding carboxylic acids is 2. The van der Waals surface area contributed by atoms with Gasteiger partial charge in [0.15, 0.2) is 6.61 Å². The van der Waals surface area contributed by atoms with Crippen molar-refractivity contribution in [1.82, 2.24) is 4.90 Å². The van der Waals surface area contributed by atoms with Crippen LogP contribution in [0.1, 0.15) is 41.6 Å². The second-order valence-corrected chi connectivity index (χ2v) is 8.44. The molecule has 1 heterocycles. The number of aryl methyl sites for hydroxylation is 1. The molecule has 0 saturated carbocycles. The first-order chi connectivity index (χ1) is 16.0. The zero-order valence-electron chi connectivity index (χ0n) is 19.5. The van der Waals surface area contributed by atoms with E-state index < -0.39 is 0 Å². The van der Waals surface area contributed by atoms with Crippen molar-refractivity contribution >= 4 is 17.5 Å². The Balaban J connectivity index is 1.59. The van der Waals surface area contributed by atoms with E-state index in [2.05, 4.69) is 31.2 Å². The number of benzene rings is 3. The lowest BCUT2D eigenvalue weighted by molar-refractivity contribution is -0.133. The molecule has 1 aliphatic heterocycles. The number of hydrogen-bond donors (Lipinski definition) is 0. The van der Waals surface area contributed by atoms with Gasteiger partial charge >= 0.3 is 0 Å². The van der Waals surface area contributed by atoms with Gasteiger partial charge in [0, 0.05) is 25.7 Å². The molecule has 3 aromatic carbocycles. The lowest BCUT2D eigenvalue weighted by Gasteiger charge is -2.38. The summed E-state index contributed by atoms with van der Waals surface area (Å²) in [6, 6.07) is 23.6. The van der Waals surface area contributed by atoms with Crippen molar-refractivity contribution in [1.29, 1.82) is 0 Å². The molecule has 33 heavy (non-hydrogen) atoms. The van der Waals surface area contributed by atoms with Crippen LogP contribution in [0.2, 0.25) is 0 Å². The smallest absolute Gasteiger partial charge is 0.264 e. The third-order valence-corrected chi connectivity index (χ3v) is 6.21. The monoisotopic (exact) mass is 442 g/mol. The predicted octanol–water partition coefficient (Wildman–Crippen LogP) is 4.92. The number of para-hydroxylation sites is 1. The molecule has 5 heteroatoms. The molecule has 0 saturated heterocycles. The molecule has 170 valence electrons. The van der Waals surface area contributed by atoms with Crippen LogP contribution >= 0.6 is 0 Å². The molecule has 0 spiro atoms. The highest BCUT2D eigenvalue weighted by molar-refractivity contribution is 5.93. The molecular weight excluding hydrogens is 412 g/mol. The highest BCUT2D eigenvalue weighted by Gasteiger charge is 2.31. The summed E-state index contributed by atoms with van der Waals surface area (Å²) in [6.45, 7) is 4.60. The van der Waals surface area contributed by atoms with E-state index in [-0.39, 0.29) is 24.5 Å². The maximum absolute atomic E-state index is 12.8. The van der Waals surface area contributed by atoms with Crippen molar-refractivity contribution in [3.63, 3.8) is 0 Å². The number of rotatable bonds is 6. The fraction of sp³-hybridized carbons (Fsp3) is 0.286. The Hall–Kier alpha value is -3.60. The molecule has 2 amide bonds. The van der Waals surface area contributed by atoms with Gasteiger partial charge < -0.3 is 14.5 Å². The zero-order chi connectivity index (χ0) is 23.4. The van der Waals surface area contributed by atoms with Crippen LogP contribution in [-0.2, 0) is 16.0 Å². The molecule has 0 fully saturated rings. The quantitative estimate of drug-likeness (QED) is 0.544. The number of hydrogen-bond acceptors (Lipinski definition) is 3. The van der Waals surface area contributed by atoms with Gasteiger partial charge in [-0.2, -0.15) is 0 Å². The molecule has 1 unspecified atom stereocenters. The highest BCUT2D eigenvalue weighted by Crippen LogP contribution is 2.37. The minimum atomic E-state index is -0.160. The molecule has 0 aromatic heterocycles. The van der Waals surface area contributed by atoms with Gasteiger partial charge in [-0.15, -0.1) is 0 Å². The van der Waals surface area contributed by atoms with Crippen molar-refractivity contribution in [2.24, 2.45) is 0 Å². The van der Waals surface area contributed by atoms with Crippen molar-refractivity contribution in [3.8, 4) is 5.75 Å². The van der Waals surface area contributed by atoms with E-state index in [0.29, 0.717) is 18.7 Å². The van der Waals surface area contributed by atoms with Crippen LogP contribution in [0.3, 0.4) is 0 Å². The fourth-order valence-electron chi connectivity index (χ4n) is 4.39. The minimum Gasteiger partial charge on any atom is -0.484 e. The Labute approximate surface area is 195 Å². The normalized spacial score (nSPS) is 15.0. The Kier molecular flexibility index (Phi) is 6.78. The molecule has 1 atom stereocenters. The lowest BCUT2D eigenvalue weighted by Crippen LogP contribution is -2.40. The molecule has 0 radical (unpaired) electrons. The molecule has 5 nitrogen and oxygen atoms in total. The van der Waals surface area contributed by atoms with E-state index in [1.165, 1.54) is 5.56 Å². The van der Waals surface area contributed by atoms with Gasteiger partial charge in [-0.1, -0.05) is 61.0 Å². The van der Waals surface area contributed by atoms with Gasteiger partial charge in [-0.25, -0.2) is 0 Å². The maximum Gasteiger partial charge on any atom is 0.264 e. The number of fused-ring (bicyclic) bond motifs is 1. The molecule has 4 rings (SSSR count). The number of likely N-dealkylation sites (N-methyl/N-ethyl adjacent to an activating group) is 1. The van der Waals surface area contributed by atoms with Gasteiger partial charge in [0.2, 0.25) is 5.91 Å². The second kappa shape index (κ2) is 9.90. The van der Waals surface area contributed by atoms with Crippen molar-refractivity contribution in [3.05, 3.63) is 95.1 Å². The Bertz CT molecular complexity index is 1140. The van der Waals surface area contributed by atoms with E-state index in [1.54, 1.807) is 11.9 Å². The average molecular weight is 443 g/mol. The summed E-state index contributed by atoms with van der Waals surface area (Å²) in [5, 5.41) is 0. The van der Waals surface area contributed by atoms with Crippen LogP contribution in [-0.4, -0.2) is 36.9 Å². The van der Waals surface area contributed by atoms with E-state index in [9.17, 15) is 9.59 Å². The standard InChI is InChI=1S/C28H30N2O3/c1-4-26(31)30-16-15-21-13-14-24(18-25(21)28(30)22-10-8-9-20(2)17-22)33-19-27(32)29(3)23-11-6-5-7-12-23/h5-14,17-18,28H,4,15-16,19H2,1-3H3. The van der Waals surface area contributed by atoms with Crippen LogP contribution in [0, 0.1) is 6.92 Å². The maximum atomic E-state index is 12.8. The Morgan fingerprint density at radius 2 is 1.82 bits per heavy atom. The minimum absolute atomic E-state index is 0.0586. The van der Waals surface area contributed by atoms with Gasteiger partial charge in [0.05, 0.1) is 6.04 Å². The zero-order valence-corrected chi connectivity index (χ0v) is 19.5. The number of anilines is 1. The van der Waals surface area contributed by atoms with E-state index in [0.717, 1.165) is 28.8 Å². The number of amides is 2. The summed E-state index contributed by atoms with van der Waals surface area (Å²) in [7, 11) is 1.75. The molecule has 1 aliphatic rings. The first-order valence-electron chi connectivity index (χ1n) is 11.4. The van der Waals surface area contributed by atoms with Crippen LogP contribution in [0.5, 0.6) is 5.75 Å². The summed E-state index contributed by atoms with van der Waals surface area (Å²) in [5.41, 5.74) is 5.35. The number of nitrogens with zero attached hydrogens (tertiary/aromatic N) is 2. The Morgan fingerprint density at radius 1 is 1.03 bits per heavy atom. The molecule has 0 bridgehead atoms. The van der Waals surface area contributed by atoms with Crippen LogP contribution < -0.4 is 9.64 Å². The fourth-order valence-corrected chi connectivity index (χ4v) is 4.39. The lowest BCUT2D eigenvalue weighted by atomic mass is 9.87. The topological polar surface area (TPSA) is 49.9 Å². The van der Waals surface area contributed by atoms with E-state index >= 15 is 0 Å². The summed E-state index contributed by atoms with van der Waals surface area (Å²) in [6.07, 6.45) is 1.27. The summed E-state index contributed by atoms with van der Waals surface area (Å²) < 4.78 is 5.91. The van der Waals surface area contributed by atoms with Gasteiger partial charge in [-0.05, 0) is 54.3 Å². The first kappa shape index (κ1) is 22.6. The Morgan fingerprint density at radius 3 is 2.55 bits per heavy atom. The SMILES string of the molecule is CCC(=O)N1CCc2ccc(OCC(=O)N(C)c3ccccc3)cc2C1c1cccc(C)c1. The number of carbonyl (C=O) groups is 2. The van der Waals surface area contributed by atoms with E-state index in [1.807, 2.05) is 60.4 Å². The summed E-state index contributed by atoms with van der Waals surface area (Å²) in [4.78, 5) is 29.0. The highest BCUT2D eigenvalue weighted by atomic mass is 16.5. The van der Waals surface area contributed by atoms with Gasteiger partial charge in [0.1, 0.15) is 5.75 Å². The number of ether oxygens (including phenoxy) is 1. The van der Waals surface area contributed by atoms with Crippen molar-refractivity contribution in [2.45, 2.75) is 32.7 Å². The first-order valence-corrected chi connectivity index (χ1v) is 11.4. The molecular formula is C28H30N2O3. The van der Waals surface area contributed by atoms with Crippen molar-refractivity contribution in [2.75, 3.05) is 25.1 Å². The van der Waals surface area contributed by atoms with Gasteiger partial charge in [0.25, 0.3) is 5.91 Å². The second-order valence-electron chi connectivity index (χ2n) is 8.44. The van der Waals surface area contributed by atoms with Crippen LogP contribution in [0.4, 0.5) is 5.69 Å². The molecule has 0 aliphatic carbocycles. The average Bonchev–Trinajstić information content (AvgIpc) is 2.86. The predicted molar refractivity (Wildman–Crippen MR) is 131 cm³/mol. The van der Waals surface area contributed by atoms with E-state index in [4.69, 9.17) is 4.74 Å². The summed E-state index contributed by atoms with van der Waals surface area (Å²) in [5.74, 6) is 0.641. The van der Waals surface area contributed by atoms with Gasteiger partial charge in [-0.3, -0.25) is 9.59 Å². The van der Waals surface area contributed by atoms with Crippen LogP contribution in [0.15, 0.2) is 72.8 Å². The molecule has 3 aromatic rings. The third-order valence-electron chi connectivity index (χ3n) is 6.21. The molecule has 0 N–H and O–H groups in total. The van der Waals surface area contributed by atoms with Crippen molar-refractivity contribution < 1.29 is 14.3 Å². The largest absolute Gasteiger partial charge is 0.484 e. The van der Waals surface area contributed by atoms with Crippen LogP contribution in [0.25, 0.3) is 0 Å². The third kappa shape index (κ3) is 4.92. The summed E-state index contributed by atoms with van der Waals surface area (Å²) >= 11 is 0.